The van der Waals surface area contributed by atoms with E-state index < -0.39 is 10.0 Å². The number of piperazine rings is 1. The second kappa shape index (κ2) is 10.5. The van der Waals surface area contributed by atoms with E-state index in [1.165, 1.54) is 10.4 Å². The number of para-hydroxylation sites is 2. The fraction of sp³-hybridized carbons (Fsp3) is 0.296. The highest BCUT2D eigenvalue weighted by atomic mass is 32.2. The van der Waals surface area contributed by atoms with Crippen molar-refractivity contribution in [2.24, 2.45) is 0 Å². The van der Waals surface area contributed by atoms with E-state index in [0.29, 0.717) is 44.0 Å². The van der Waals surface area contributed by atoms with Gasteiger partial charge in [-0.25, -0.2) is 12.8 Å². The zero-order valence-electron chi connectivity index (χ0n) is 20.0. The molecule has 8 heteroatoms. The highest BCUT2D eigenvalue weighted by Gasteiger charge is 2.31. The molecule has 0 spiro atoms. The first-order valence-corrected chi connectivity index (χ1v) is 13.2. The first-order valence-electron chi connectivity index (χ1n) is 11.8. The predicted octanol–water partition coefficient (Wildman–Crippen LogP) is 4.24. The molecule has 35 heavy (non-hydrogen) atoms. The lowest BCUT2D eigenvalue weighted by Gasteiger charge is -2.37. The maximum Gasteiger partial charge on any atom is 0.264 e. The Bertz CT molecular complexity index is 1290. The minimum atomic E-state index is -3.97. The van der Waals surface area contributed by atoms with Crippen molar-refractivity contribution in [3.05, 3.63) is 89.7 Å². The first-order chi connectivity index (χ1) is 16.8. The Hall–Kier alpha value is -3.39. The van der Waals surface area contributed by atoms with Gasteiger partial charge in [0.2, 0.25) is 5.91 Å². The van der Waals surface area contributed by atoms with E-state index in [2.05, 4.69) is 0 Å². The number of anilines is 2. The van der Waals surface area contributed by atoms with Crippen molar-refractivity contribution in [1.82, 2.24) is 4.90 Å². The highest BCUT2D eigenvalue weighted by Crippen LogP contribution is 2.28. The number of sulfonamides is 1. The summed E-state index contributed by atoms with van der Waals surface area (Å²) in [5, 5.41) is 0. The van der Waals surface area contributed by atoms with Crippen molar-refractivity contribution in [1.29, 1.82) is 0 Å². The Morgan fingerprint density at radius 1 is 0.914 bits per heavy atom. The number of amides is 1. The summed E-state index contributed by atoms with van der Waals surface area (Å²) < 4.78 is 42.8. The fourth-order valence-electron chi connectivity index (χ4n) is 4.32. The largest absolute Gasteiger partial charge is 0.366 e. The van der Waals surface area contributed by atoms with Crippen LogP contribution in [0.25, 0.3) is 0 Å². The summed E-state index contributed by atoms with van der Waals surface area (Å²) in [4.78, 5) is 17.1. The highest BCUT2D eigenvalue weighted by molar-refractivity contribution is 7.92. The van der Waals surface area contributed by atoms with E-state index in [-0.39, 0.29) is 23.2 Å². The van der Waals surface area contributed by atoms with Crippen molar-refractivity contribution >= 4 is 27.3 Å². The molecule has 1 saturated heterocycles. The Morgan fingerprint density at radius 3 is 2.20 bits per heavy atom. The average Bonchev–Trinajstić information content (AvgIpc) is 2.87. The Kier molecular flexibility index (Phi) is 7.40. The smallest absolute Gasteiger partial charge is 0.264 e. The third-order valence-electron chi connectivity index (χ3n) is 6.35. The number of halogens is 1. The van der Waals surface area contributed by atoms with E-state index in [1.807, 2.05) is 30.9 Å². The monoisotopic (exact) mass is 495 g/mol. The summed E-state index contributed by atoms with van der Waals surface area (Å²) >= 11 is 0. The number of aryl methyl sites for hydroxylation is 2. The van der Waals surface area contributed by atoms with Crippen LogP contribution < -0.4 is 9.21 Å². The van der Waals surface area contributed by atoms with Crippen LogP contribution in [0.4, 0.5) is 15.8 Å². The van der Waals surface area contributed by atoms with Gasteiger partial charge in [0.1, 0.15) is 12.4 Å². The molecule has 0 N–H and O–H groups in total. The zero-order valence-corrected chi connectivity index (χ0v) is 20.8. The topological polar surface area (TPSA) is 60.9 Å². The summed E-state index contributed by atoms with van der Waals surface area (Å²) in [7, 11) is -3.97. The van der Waals surface area contributed by atoms with Gasteiger partial charge in [-0.15, -0.1) is 0 Å². The Balaban J connectivity index is 1.57. The quantitative estimate of drug-likeness (QED) is 0.492. The number of carbonyl (C=O) groups excluding carboxylic acids is 1. The van der Waals surface area contributed by atoms with Gasteiger partial charge in [0.15, 0.2) is 0 Å². The Morgan fingerprint density at radius 2 is 1.54 bits per heavy atom. The van der Waals surface area contributed by atoms with Crippen LogP contribution in [-0.2, 0) is 21.2 Å². The van der Waals surface area contributed by atoms with Gasteiger partial charge in [0, 0.05) is 26.2 Å². The average molecular weight is 496 g/mol. The lowest BCUT2D eigenvalue weighted by atomic mass is 10.1. The van der Waals surface area contributed by atoms with Gasteiger partial charge in [-0.3, -0.25) is 9.10 Å². The van der Waals surface area contributed by atoms with E-state index in [9.17, 15) is 17.6 Å². The van der Waals surface area contributed by atoms with Gasteiger partial charge in [-0.05, 0) is 49.2 Å². The Labute approximate surface area is 206 Å². The van der Waals surface area contributed by atoms with E-state index in [0.717, 1.165) is 11.1 Å². The van der Waals surface area contributed by atoms with Gasteiger partial charge in [0.25, 0.3) is 10.0 Å². The maximum atomic E-state index is 14.2. The lowest BCUT2D eigenvalue weighted by molar-refractivity contribution is -0.129. The van der Waals surface area contributed by atoms with E-state index >= 15 is 0 Å². The van der Waals surface area contributed by atoms with Crippen molar-refractivity contribution in [2.45, 2.75) is 25.2 Å². The van der Waals surface area contributed by atoms with Crippen LogP contribution in [0, 0.1) is 12.7 Å². The van der Waals surface area contributed by atoms with Gasteiger partial charge in [-0.1, -0.05) is 55.0 Å². The molecule has 184 valence electrons. The number of benzene rings is 3. The number of nitrogens with zero attached hydrogens (tertiary/aromatic N) is 3. The molecule has 0 unspecified atom stereocenters. The standard InChI is InChI=1S/C27H30FN3O3S/c1-3-22-8-4-6-10-25(22)31(35(33,34)23-14-12-21(2)13-15-23)20-27(32)30-18-16-29(17-19-30)26-11-7-5-9-24(26)28/h4-15H,3,16-20H2,1-2H3. The molecule has 1 aliphatic rings. The van der Waals surface area contributed by atoms with Gasteiger partial charge >= 0.3 is 0 Å². The first kappa shape index (κ1) is 24.7. The van der Waals surface area contributed by atoms with Crippen LogP contribution >= 0.6 is 0 Å². The van der Waals surface area contributed by atoms with Crippen LogP contribution in [0.3, 0.4) is 0 Å². The van der Waals surface area contributed by atoms with Gasteiger partial charge in [0.05, 0.1) is 16.3 Å². The van der Waals surface area contributed by atoms with Crippen LogP contribution in [0.2, 0.25) is 0 Å². The molecule has 0 radical (unpaired) electrons. The molecule has 0 bridgehead atoms. The van der Waals surface area contributed by atoms with Gasteiger partial charge < -0.3 is 9.80 Å². The second-order valence-electron chi connectivity index (χ2n) is 8.63. The molecule has 1 heterocycles. The van der Waals surface area contributed by atoms with Crippen LogP contribution in [0.1, 0.15) is 18.1 Å². The molecule has 6 nitrogen and oxygen atoms in total. The van der Waals surface area contributed by atoms with E-state index in [1.54, 1.807) is 59.5 Å². The van der Waals surface area contributed by atoms with Crippen LogP contribution in [0.5, 0.6) is 0 Å². The molecule has 3 aromatic rings. The van der Waals surface area contributed by atoms with E-state index in [4.69, 9.17) is 0 Å². The number of rotatable bonds is 7. The van der Waals surface area contributed by atoms with Crippen molar-refractivity contribution < 1.29 is 17.6 Å². The molecule has 0 aromatic heterocycles. The number of hydrogen-bond donors (Lipinski definition) is 0. The summed E-state index contributed by atoms with van der Waals surface area (Å²) in [5.41, 5.74) is 2.82. The van der Waals surface area contributed by atoms with Gasteiger partial charge in [-0.2, -0.15) is 0 Å². The summed E-state index contributed by atoms with van der Waals surface area (Å²) in [6.45, 7) is 5.28. The predicted molar refractivity (Wildman–Crippen MR) is 137 cm³/mol. The summed E-state index contributed by atoms with van der Waals surface area (Å²) in [6, 6.07) is 20.5. The molecule has 0 aliphatic carbocycles. The summed E-state index contributed by atoms with van der Waals surface area (Å²) in [5.74, 6) is -0.571. The number of carbonyl (C=O) groups is 1. The molecule has 1 amide bonds. The lowest BCUT2D eigenvalue weighted by Crippen LogP contribution is -2.52. The van der Waals surface area contributed by atoms with Crippen LogP contribution in [0.15, 0.2) is 77.7 Å². The second-order valence-corrected chi connectivity index (χ2v) is 10.5. The molecular formula is C27H30FN3O3S. The third kappa shape index (κ3) is 5.32. The fourth-order valence-corrected chi connectivity index (χ4v) is 5.77. The molecule has 4 rings (SSSR count). The molecule has 0 atom stereocenters. The molecular weight excluding hydrogens is 465 g/mol. The minimum Gasteiger partial charge on any atom is -0.366 e. The number of hydrogen-bond acceptors (Lipinski definition) is 4. The van der Waals surface area contributed by atoms with Crippen molar-refractivity contribution in [3.8, 4) is 0 Å². The SMILES string of the molecule is CCc1ccccc1N(CC(=O)N1CCN(c2ccccc2F)CC1)S(=O)(=O)c1ccc(C)cc1. The summed E-state index contributed by atoms with van der Waals surface area (Å²) in [6.07, 6.45) is 0.631. The molecule has 1 aliphatic heterocycles. The van der Waals surface area contributed by atoms with Crippen molar-refractivity contribution in [3.63, 3.8) is 0 Å². The molecule has 0 saturated carbocycles. The third-order valence-corrected chi connectivity index (χ3v) is 8.13. The maximum absolute atomic E-state index is 14.2. The normalized spacial score (nSPS) is 14.1. The molecule has 3 aromatic carbocycles. The zero-order chi connectivity index (χ0) is 25.0. The van der Waals surface area contributed by atoms with Crippen molar-refractivity contribution in [2.75, 3.05) is 41.9 Å². The van der Waals surface area contributed by atoms with Crippen LogP contribution in [-0.4, -0.2) is 51.9 Å². The minimum absolute atomic E-state index is 0.145. The molecule has 1 fully saturated rings.